The summed E-state index contributed by atoms with van der Waals surface area (Å²) >= 11 is 0. The van der Waals surface area contributed by atoms with Crippen LogP contribution < -0.4 is 5.73 Å². The molecule has 94 valence electrons. The predicted octanol–water partition coefficient (Wildman–Crippen LogP) is 2.40. The molecule has 0 saturated heterocycles. The molecule has 2 saturated carbocycles. The third kappa shape index (κ3) is 2.68. The molecule has 4 heteroatoms. The molecule has 2 aliphatic carbocycles. The zero-order valence-corrected chi connectivity index (χ0v) is 10.3. The maximum atomic E-state index is 6.21. The summed E-state index contributed by atoms with van der Waals surface area (Å²) in [6.07, 6.45) is 9.59. The normalized spacial score (nSPS) is 30.2. The molecule has 1 heterocycles. The lowest BCUT2D eigenvalue weighted by atomic mass is 9.95. The van der Waals surface area contributed by atoms with Gasteiger partial charge >= 0.3 is 0 Å². The van der Waals surface area contributed by atoms with Crippen molar-refractivity contribution in [1.82, 2.24) is 10.1 Å². The van der Waals surface area contributed by atoms with Gasteiger partial charge in [0.25, 0.3) is 0 Å². The van der Waals surface area contributed by atoms with Crippen LogP contribution in [0.15, 0.2) is 4.52 Å². The van der Waals surface area contributed by atoms with Gasteiger partial charge in [0.1, 0.15) is 0 Å². The van der Waals surface area contributed by atoms with Gasteiger partial charge in [-0.2, -0.15) is 4.98 Å². The number of hydrogen-bond acceptors (Lipinski definition) is 4. The smallest absolute Gasteiger partial charge is 0.231 e. The van der Waals surface area contributed by atoms with Crippen molar-refractivity contribution in [3.63, 3.8) is 0 Å². The maximum Gasteiger partial charge on any atom is 0.231 e. The number of nitrogens with zero attached hydrogens (tertiary/aromatic N) is 2. The molecule has 0 spiro atoms. The van der Waals surface area contributed by atoms with E-state index in [0.717, 1.165) is 36.9 Å². The summed E-state index contributed by atoms with van der Waals surface area (Å²) in [5.41, 5.74) is 6.21. The molecule has 2 N–H and O–H groups in total. The van der Waals surface area contributed by atoms with Crippen LogP contribution in [0.3, 0.4) is 0 Å². The van der Waals surface area contributed by atoms with Crippen molar-refractivity contribution < 1.29 is 4.52 Å². The van der Waals surface area contributed by atoms with Crippen LogP contribution in [-0.2, 0) is 6.42 Å². The average Bonchev–Trinajstić information content (AvgIpc) is 3.05. The van der Waals surface area contributed by atoms with E-state index < -0.39 is 0 Å². The van der Waals surface area contributed by atoms with Gasteiger partial charge in [0.05, 0.1) is 5.92 Å². The van der Waals surface area contributed by atoms with Crippen molar-refractivity contribution in [2.24, 2.45) is 11.7 Å². The zero-order valence-electron chi connectivity index (χ0n) is 10.3. The maximum absolute atomic E-state index is 6.21. The van der Waals surface area contributed by atoms with Crippen LogP contribution in [0, 0.1) is 5.92 Å². The third-order valence-corrected chi connectivity index (χ3v) is 4.04. The van der Waals surface area contributed by atoms with Gasteiger partial charge in [0.2, 0.25) is 5.89 Å². The van der Waals surface area contributed by atoms with E-state index in [1.54, 1.807) is 0 Å². The van der Waals surface area contributed by atoms with E-state index in [9.17, 15) is 0 Å². The Balaban J connectivity index is 1.70. The molecular formula is C13H21N3O. The van der Waals surface area contributed by atoms with Gasteiger partial charge in [-0.3, -0.25) is 0 Å². The fourth-order valence-corrected chi connectivity index (χ4v) is 2.72. The topological polar surface area (TPSA) is 64.9 Å². The summed E-state index contributed by atoms with van der Waals surface area (Å²) in [6, 6.07) is 0.201. The SMILES string of the molecule is NC1CCCCCC1c1nc(CC2CC2)no1. The fourth-order valence-electron chi connectivity index (χ4n) is 2.72. The van der Waals surface area contributed by atoms with Crippen molar-refractivity contribution in [3.8, 4) is 0 Å². The van der Waals surface area contributed by atoms with Gasteiger partial charge in [-0.05, 0) is 31.6 Å². The van der Waals surface area contributed by atoms with Crippen LogP contribution in [0.2, 0.25) is 0 Å². The molecule has 17 heavy (non-hydrogen) atoms. The Morgan fingerprint density at radius 3 is 2.76 bits per heavy atom. The van der Waals surface area contributed by atoms with Crippen LogP contribution in [0.1, 0.15) is 62.6 Å². The molecule has 4 nitrogen and oxygen atoms in total. The second kappa shape index (κ2) is 4.77. The Morgan fingerprint density at radius 2 is 1.94 bits per heavy atom. The van der Waals surface area contributed by atoms with Gasteiger partial charge in [-0.15, -0.1) is 0 Å². The van der Waals surface area contributed by atoms with E-state index in [4.69, 9.17) is 10.3 Å². The quantitative estimate of drug-likeness (QED) is 0.817. The van der Waals surface area contributed by atoms with Crippen molar-refractivity contribution in [3.05, 3.63) is 11.7 Å². The molecule has 0 bridgehead atoms. The third-order valence-electron chi connectivity index (χ3n) is 4.04. The number of hydrogen-bond donors (Lipinski definition) is 1. The van der Waals surface area contributed by atoms with Gasteiger partial charge < -0.3 is 10.3 Å². The molecule has 1 aromatic rings. The highest BCUT2D eigenvalue weighted by atomic mass is 16.5. The molecule has 2 unspecified atom stereocenters. The number of nitrogens with two attached hydrogens (primary N) is 1. The molecule has 0 amide bonds. The summed E-state index contributed by atoms with van der Waals surface area (Å²) < 4.78 is 5.42. The minimum atomic E-state index is 0.201. The van der Waals surface area contributed by atoms with Crippen molar-refractivity contribution in [1.29, 1.82) is 0 Å². The van der Waals surface area contributed by atoms with Crippen LogP contribution in [0.5, 0.6) is 0 Å². The fraction of sp³-hybridized carbons (Fsp3) is 0.846. The van der Waals surface area contributed by atoms with Crippen molar-refractivity contribution >= 4 is 0 Å². The largest absolute Gasteiger partial charge is 0.339 e. The lowest BCUT2D eigenvalue weighted by Gasteiger charge is -2.16. The molecule has 1 aromatic heterocycles. The second-order valence-electron chi connectivity index (χ2n) is 5.60. The summed E-state index contributed by atoms with van der Waals surface area (Å²) in [7, 11) is 0. The Morgan fingerprint density at radius 1 is 1.12 bits per heavy atom. The molecule has 2 fully saturated rings. The van der Waals surface area contributed by atoms with E-state index in [0.29, 0.717) is 0 Å². The first kappa shape index (κ1) is 11.2. The van der Waals surface area contributed by atoms with Crippen LogP contribution >= 0.6 is 0 Å². The average molecular weight is 235 g/mol. The van der Waals surface area contributed by atoms with Gasteiger partial charge in [-0.25, -0.2) is 0 Å². The Hall–Kier alpha value is -0.900. The molecule has 2 aliphatic rings. The summed E-state index contributed by atoms with van der Waals surface area (Å²) in [4.78, 5) is 4.55. The van der Waals surface area contributed by atoms with Crippen molar-refractivity contribution in [2.75, 3.05) is 0 Å². The molecule has 0 aliphatic heterocycles. The summed E-state index contributed by atoms with van der Waals surface area (Å²) in [5, 5.41) is 4.09. The van der Waals surface area contributed by atoms with E-state index >= 15 is 0 Å². The van der Waals surface area contributed by atoms with Gasteiger partial charge in [0, 0.05) is 12.5 Å². The summed E-state index contributed by atoms with van der Waals surface area (Å²) in [5.74, 6) is 2.77. The highest BCUT2D eigenvalue weighted by molar-refractivity contribution is 5.01. The minimum Gasteiger partial charge on any atom is -0.339 e. The standard InChI is InChI=1S/C13H21N3O/c14-11-5-3-1-2-4-10(11)13-15-12(16-17-13)8-9-6-7-9/h9-11H,1-8,14H2. The highest BCUT2D eigenvalue weighted by Crippen LogP contribution is 2.33. The molecule has 0 aromatic carbocycles. The number of rotatable bonds is 3. The van der Waals surface area contributed by atoms with E-state index in [1.165, 1.54) is 32.1 Å². The predicted molar refractivity (Wildman–Crippen MR) is 64.5 cm³/mol. The minimum absolute atomic E-state index is 0.201. The van der Waals surface area contributed by atoms with E-state index in [2.05, 4.69) is 10.1 Å². The first-order chi connectivity index (χ1) is 8.33. The number of aromatic nitrogens is 2. The lowest BCUT2D eigenvalue weighted by molar-refractivity contribution is 0.323. The first-order valence-electron chi connectivity index (χ1n) is 6.91. The van der Waals surface area contributed by atoms with Crippen LogP contribution in [0.4, 0.5) is 0 Å². The van der Waals surface area contributed by atoms with Crippen molar-refractivity contribution in [2.45, 2.75) is 63.3 Å². The lowest BCUT2D eigenvalue weighted by Crippen LogP contribution is -2.27. The molecule has 2 atom stereocenters. The second-order valence-corrected chi connectivity index (χ2v) is 5.60. The van der Waals surface area contributed by atoms with E-state index in [-0.39, 0.29) is 12.0 Å². The Labute approximate surface area is 102 Å². The first-order valence-corrected chi connectivity index (χ1v) is 6.91. The monoisotopic (exact) mass is 235 g/mol. The van der Waals surface area contributed by atoms with Crippen LogP contribution in [0.25, 0.3) is 0 Å². The molecular weight excluding hydrogens is 214 g/mol. The highest BCUT2D eigenvalue weighted by Gasteiger charge is 2.29. The Kier molecular flexibility index (Phi) is 3.14. The molecule has 0 radical (unpaired) electrons. The van der Waals surface area contributed by atoms with Gasteiger partial charge in [-0.1, -0.05) is 24.4 Å². The van der Waals surface area contributed by atoms with Crippen LogP contribution in [-0.4, -0.2) is 16.2 Å². The zero-order chi connectivity index (χ0) is 11.7. The molecule has 3 rings (SSSR count). The Bertz CT molecular complexity index is 372. The van der Waals surface area contributed by atoms with E-state index in [1.807, 2.05) is 0 Å². The van der Waals surface area contributed by atoms with Gasteiger partial charge in [0.15, 0.2) is 5.82 Å². The summed E-state index contributed by atoms with van der Waals surface area (Å²) in [6.45, 7) is 0.